The van der Waals surface area contributed by atoms with E-state index in [-0.39, 0.29) is 0 Å². The van der Waals surface area contributed by atoms with E-state index < -0.39 is 0 Å². The minimum atomic E-state index is 0.853. The molecule has 17 heavy (non-hydrogen) atoms. The molecule has 98 valence electrons. The molecule has 0 unspecified atom stereocenters. The Balaban J connectivity index is 2.75. The van der Waals surface area contributed by atoms with Gasteiger partial charge in [-0.05, 0) is 25.7 Å². The summed E-state index contributed by atoms with van der Waals surface area (Å²) in [6, 6.07) is 0. The Morgan fingerprint density at radius 2 is 1.88 bits per heavy atom. The van der Waals surface area contributed by atoms with Crippen molar-refractivity contribution in [2.24, 2.45) is 5.10 Å². The number of nitrogens with zero attached hydrogens (tertiary/aromatic N) is 3. The van der Waals surface area contributed by atoms with E-state index in [1.807, 2.05) is 0 Å². The molecule has 4 nitrogen and oxygen atoms in total. The molecule has 1 N–H and O–H groups in total. The van der Waals surface area contributed by atoms with Crippen LogP contribution >= 0.6 is 25.4 Å². The van der Waals surface area contributed by atoms with Crippen LogP contribution in [0, 0.1) is 0 Å². The third-order valence-electron chi connectivity index (χ3n) is 2.63. The summed E-state index contributed by atoms with van der Waals surface area (Å²) in [5.41, 5.74) is 2.81. The lowest BCUT2D eigenvalue weighted by Crippen LogP contribution is -2.40. The van der Waals surface area contributed by atoms with Gasteiger partial charge in [-0.3, -0.25) is 0 Å². The molecule has 0 aromatic carbocycles. The largest absolute Gasteiger partial charge is 0.355 e. The topological polar surface area (TPSA) is 30.9 Å². The van der Waals surface area contributed by atoms with E-state index in [1.54, 1.807) is 10.6 Å². The van der Waals surface area contributed by atoms with Gasteiger partial charge >= 0.3 is 0 Å². The Morgan fingerprint density at radius 1 is 1.29 bits per heavy atom. The molecule has 1 aliphatic rings. The van der Waals surface area contributed by atoms with E-state index in [0.29, 0.717) is 0 Å². The van der Waals surface area contributed by atoms with Crippen LogP contribution < -0.4 is 5.53 Å². The fraction of sp³-hybridized carbons (Fsp3) is 0.727. The quantitative estimate of drug-likeness (QED) is 0.624. The SMILES string of the molecule is CCCCN(CCCC)C1=C(S)C=NNN1S. The molecule has 0 saturated heterocycles. The normalized spacial score (nSPS) is 15.2. The average molecular weight is 274 g/mol. The number of hydrogen-bond donors (Lipinski definition) is 3. The standard InChI is InChI=1S/C11H22N4S2/c1-3-5-7-14(8-6-4-2)11-10(16)9-12-13-15(11)17/h9,13,16-17H,3-8H2,1-2H3. The lowest BCUT2D eigenvalue weighted by molar-refractivity contribution is 0.241. The van der Waals surface area contributed by atoms with Crippen molar-refractivity contribution in [2.75, 3.05) is 13.1 Å². The summed E-state index contributed by atoms with van der Waals surface area (Å²) in [6.07, 6.45) is 6.44. The highest BCUT2D eigenvalue weighted by Gasteiger charge is 2.19. The predicted octanol–water partition coefficient (Wildman–Crippen LogP) is 2.64. The summed E-state index contributed by atoms with van der Waals surface area (Å²) in [5.74, 6) is 0.994. The third-order valence-corrected chi connectivity index (χ3v) is 3.23. The van der Waals surface area contributed by atoms with E-state index in [9.17, 15) is 0 Å². The maximum atomic E-state index is 4.46. The molecule has 0 aliphatic carbocycles. The van der Waals surface area contributed by atoms with Crippen LogP contribution in [-0.4, -0.2) is 28.6 Å². The van der Waals surface area contributed by atoms with Crippen LogP contribution in [0.2, 0.25) is 0 Å². The first-order chi connectivity index (χ1) is 8.20. The van der Waals surface area contributed by atoms with Gasteiger partial charge in [-0.15, -0.1) is 12.6 Å². The first-order valence-corrected chi connectivity index (χ1v) is 7.01. The molecule has 6 heteroatoms. The molecule has 0 spiro atoms. The number of hydrazone groups is 1. The van der Waals surface area contributed by atoms with Gasteiger partial charge in [0, 0.05) is 13.1 Å². The smallest absolute Gasteiger partial charge is 0.151 e. The van der Waals surface area contributed by atoms with Gasteiger partial charge in [-0.1, -0.05) is 26.7 Å². The number of thiol groups is 2. The maximum Gasteiger partial charge on any atom is 0.151 e. The molecule has 0 aromatic heterocycles. The van der Waals surface area contributed by atoms with Crippen molar-refractivity contribution in [3.05, 3.63) is 10.7 Å². The van der Waals surface area contributed by atoms with Gasteiger partial charge in [0.15, 0.2) is 5.82 Å². The molecule has 0 radical (unpaired) electrons. The van der Waals surface area contributed by atoms with Crippen LogP contribution in [0.3, 0.4) is 0 Å². The van der Waals surface area contributed by atoms with Gasteiger partial charge in [0.2, 0.25) is 0 Å². The Bertz CT molecular complexity index is 283. The molecule has 1 heterocycles. The Hall–Kier alpha value is -0.490. The summed E-state index contributed by atoms with van der Waals surface area (Å²) >= 11 is 8.82. The molecule has 0 bridgehead atoms. The zero-order chi connectivity index (χ0) is 12.7. The summed E-state index contributed by atoms with van der Waals surface area (Å²) in [7, 11) is 0. The molecular weight excluding hydrogens is 252 g/mol. The number of hydrazine groups is 1. The minimum absolute atomic E-state index is 0.853. The number of rotatable bonds is 7. The van der Waals surface area contributed by atoms with Crippen LogP contribution in [0.5, 0.6) is 0 Å². The van der Waals surface area contributed by atoms with Gasteiger partial charge in [0.25, 0.3) is 0 Å². The zero-order valence-corrected chi connectivity index (χ0v) is 12.3. The minimum Gasteiger partial charge on any atom is -0.355 e. The fourth-order valence-corrected chi connectivity index (χ4v) is 2.34. The van der Waals surface area contributed by atoms with Crippen molar-refractivity contribution < 1.29 is 0 Å². The van der Waals surface area contributed by atoms with Crippen LogP contribution in [0.15, 0.2) is 15.8 Å². The Kier molecular flexibility index (Phi) is 6.65. The zero-order valence-electron chi connectivity index (χ0n) is 10.6. The first kappa shape index (κ1) is 14.6. The van der Waals surface area contributed by atoms with Crippen LogP contribution in [0.4, 0.5) is 0 Å². The summed E-state index contributed by atoms with van der Waals surface area (Å²) < 4.78 is 1.63. The average Bonchev–Trinajstić information content (AvgIpc) is 2.31. The summed E-state index contributed by atoms with van der Waals surface area (Å²) in [5, 5.41) is 3.95. The van der Waals surface area contributed by atoms with Crippen LogP contribution in [0.25, 0.3) is 0 Å². The predicted molar refractivity (Wildman–Crippen MR) is 79.9 cm³/mol. The highest BCUT2D eigenvalue weighted by atomic mass is 32.1. The summed E-state index contributed by atoms with van der Waals surface area (Å²) in [6.45, 7) is 6.46. The van der Waals surface area contributed by atoms with Gasteiger partial charge < -0.3 is 4.90 Å². The molecule has 0 atom stereocenters. The fourth-order valence-electron chi connectivity index (χ4n) is 1.68. The Morgan fingerprint density at radius 3 is 2.35 bits per heavy atom. The van der Waals surface area contributed by atoms with E-state index in [2.05, 4.69) is 54.8 Å². The number of allylic oxidation sites excluding steroid dienone is 1. The monoisotopic (exact) mass is 274 g/mol. The second-order valence-electron chi connectivity index (χ2n) is 4.07. The number of unbranched alkanes of at least 4 members (excludes halogenated alkanes) is 2. The number of nitrogens with one attached hydrogen (secondary N) is 1. The molecule has 0 saturated carbocycles. The van der Waals surface area contributed by atoms with E-state index >= 15 is 0 Å². The van der Waals surface area contributed by atoms with Crippen molar-refractivity contribution in [3.8, 4) is 0 Å². The highest BCUT2D eigenvalue weighted by Crippen LogP contribution is 2.21. The van der Waals surface area contributed by atoms with Crippen LogP contribution in [0.1, 0.15) is 39.5 Å². The third kappa shape index (κ3) is 4.35. The molecule has 1 rings (SSSR count). The lowest BCUT2D eigenvalue weighted by atomic mass is 10.2. The van der Waals surface area contributed by atoms with Crippen molar-refractivity contribution in [2.45, 2.75) is 39.5 Å². The molecule has 0 amide bonds. The second-order valence-corrected chi connectivity index (χ2v) is 4.95. The Labute approximate surface area is 115 Å². The molecule has 1 aliphatic heterocycles. The van der Waals surface area contributed by atoms with E-state index in [1.165, 1.54) is 25.7 Å². The van der Waals surface area contributed by atoms with Gasteiger partial charge in [0.05, 0.1) is 11.1 Å². The summed E-state index contributed by atoms with van der Waals surface area (Å²) in [4.78, 5) is 3.17. The maximum absolute atomic E-state index is 4.46. The van der Waals surface area contributed by atoms with E-state index in [0.717, 1.165) is 23.8 Å². The molecular formula is C11H22N4S2. The lowest BCUT2D eigenvalue weighted by Gasteiger charge is -2.34. The number of hydrogen-bond acceptors (Lipinski definition) is 6. The van der Waals surface area contributed by atoms with Crippen molar-refractivity contribution in [3.63, 3.8) is 0 Å². The van der Waals surface area contributed by atoms with Crippen LogP contribution in [-0.2, 0) is 0 Å². The van der Waals surface area contributed by atoms with Gasteiger partial charge in [-0.2, -0.15) is 9.52 Å². The van der Waals surface area contributed by atoms with Gasteiger partial charge in [0.1, 0.15) is 0 Å². The van der Waals surface area contributed by atoms with Crippen molar-refractivity contribution >= 4 is 31.7 Å². The second kappa shape index (κ2) is 7.76. The first-order valence-electron chi connectivity index (χ1n) is 6.16. The van der Waals surface area contributed by atoms with Crippen molar-refractivity contribution in [1.29, 1.82) is 0 Å². The molecule has 0 aromatic rings. The van der Waals surface area contributed by atoms with E-state index in [4.69, 9.17) is 0 Å². The molecule has 0 fully saturated rings. The van der Waals surface area contributed by atoms with Crippen molar-refractivity contribution in [1.82, 2.24) is 14.8 Å². The highest BCUT2D eigenvalue weighted by molar-refractivity contribution is 7.85. The van der Waals surface area contributed by atoms with Gasteiger partial charge in [-0.25, -0.2) is 5.53 Å².